The molecular formula is C16H16N4O2. The predicted molar refractivity (Wildman–Crippen MR) is 81.1 cm³/mol. The van der Waals surface area contributed by atoms with Crippen LogP contribution in [0.25, 0.3) is 0 Å². The zero-order valence-electron chi connectivity index (χ0n) is 12.0. The maximum Gasteiger partial charge on any atom is 0.251 e. The van der Waals surface area contributed by atoms with Crippen LogP contribution in [0.3, 0.4) is 0 Å². The van der Waals surface area contributed by atoms with Gasteiger partial charge in [-0.1, -0.05) is 18.2 Å². The largest absolute Gasteiger partial charge is 0.343 e. The fourth-order valence-corrected chi connectivity index (χ4v) is 2.35. The van der Waals surface area contributed by atoms with Gasteiger partial charge in [0.2, 0.25) is 5.91 Å². The van der Waals surface area contributed by atoms with Crippen LogP contribution in [0.5, 0.6) is 0 Å². The summed E-state index contributed by atoms with van der Waals surface area (Å²) in [7, 11) is 0. The number of nitrogens with one attached hydrogen (secondary N) is 1. The lowest BCUT2D eigenvalue weighted by atomic mass is 10.1. The number of hydrogen-bond acceptors (Lipinski definition) is 4. The summed E-state index contributed by atoms with van der Waals surface area (Å²) in [6, 6.07) is 10.8. The minimum atomic E-state index is -0.418. The van der Waals surface area contributed by atoms with Crippen molar-refractivity contribution in [3.8, 4) is 0 Å². The van der Waals surface area contributed by atoms with Crippen LogP contribution in [0.15, 0.2) is 48.9 Å². The van der Waals surface area contributed by atoms with Crippen LogP contribution in [0, 0.1) is 0 Å². The summed E-state index contributed by atoms with van der Waals surface area (Å²) in [5, 5.41) is 2.76. The first kappa shape index (κ1) is 14.2. The SMILES string of the molecule is O=C(CCc1ccncn1)NC1CN(c2ccccc2)C1=O. The van der Waals surface area contributed by atoms with Crippen molar-refractivity contribution in [3.63, 3.8) is 0 Å². The van der Waals surface area contributed by atoms with Gasteiger partial charge in [0.25, 0.3) is 5.91 Å². The minimum absolute atomic E-state index is 0.0680. The van der Waals surface area contributed by atoms with Gasteiger partial charge in [0.1, 0.15) is 12.4 Å². The summed E-state index contributed by atoms with van der Waals surface area (Å²) >= 11 is 0. The zero-order chi connectivity index (χ0) is 15.4. The number of benzene rings is 1. The third kappa shape index (κ3) is 3.11. The summed E-state index contributed by atoms with van der Waals surface area (Å²) in [5.74, 6) is -0.203. The lowest BCUT2D eigenvalue weighted by Gasteiger charge is -2.38. The van der Waals surface area contributed by atoms with E-state index in [9.17, 15) is 9.59 Å². The number of aryl methyl sites for hydroxylation is 1. The molecule has 0 spiro atoms. The molecule has 1 aliphatic rings. The van der Waals surface area contributed by atoms with Gasteiger partial charge in [-0.15, -0.1) is 0 Å². The molecule has 3 rings (SSSR count). The van der Waals surface area contributed by atoms with E-state index in [1.165, 1.54) is 6.33 Å². The molecule has 2 amide bonds. The molecule has 2 heterocycles. The van der Waals surface area contributed by atoms with Crippen LogP contribution in [0.2, 0.25) is 0 Å². The van der Waals surface area contributed by atoms with Crippen LogP contribution in [-0.4, -0.2) is 34.4 Å². The second kappa shape index (κ2) is 6.34. The number of amides is 2. The Balaban J connectivity index is 1.47. The summed E-state index contributed by atoms with van der Waals surface area (Å²) < 4.78 is 0. The smallest absolute Gasteiger partial charge is 0.251 e. The van der Waals surface area contributed by atoms with E-state index in [1.807, 2.05) is 30.3 Å². The molecule has 1 atom stereocenters. The van der Waals surface area contributed by atoms with E-state index in [0.717, 1.165) is 11.4 Å². The molecule has 0 bridgehead atoms. The molecule has 0 radical (unpaired) electrons. The highest BCUT2D eigenvalue weighted by molar-refractivity contribution is 6.05. The third-order valence-corrected chi connectivity index (χ3v) is 3.58. The number of rotatable bonds is 5. The lowest BCUT2D eigenvalue weighted by Crippen LogP contribution is -2.64. The Bertz CT molecular complexity index is 660. The van der Waals surface area contributed by atoms with Crippen molar-refractivity contribution in [2.24, 2.45) is 0 Å². The Labute approximate surface area is 128 Å². The van der Waals surface area contributed by atoms with Gasteiger partial charge in [-0.05, 0) is 24.6 Å². The van der Waals surface area contributed by atoms with Gasteiger partial charge < -0.3 is 10.2 Å². The molecule has 6 heteroatoms. The third-order valence-electron chi connectivity index (χ3n) is 3.58. The number of para-hydroxylation sites is 1. The van der Waals surface area contributed by atoms with E-state index < -0.39 is 6.04 Å². The molecule has 0 saturated carbocycles. The fraction of sp³-hybridized carbons (Fsp3) is 0.250. The average Bonchev–Trinajstić information content (AvgIpc) is 2.57. The number of anilines is 1. The molecule has 1 aliphatic heterocycles. The number of carbonyl (C=O) groups is 2. The molecule has 0 aliphatic carbocycles. The van der Waals surface area contributed by atoms with E-state index >= 15 is 0 Å². The van der Waals surface area contributed by atoms with Crippen molar-refractivity contribution in [2.75, 3.05) is 11.4 Å². The summed E-state index contributed by atoms with van der Waals surface area (Å²) in [5.41, 5.74) is 1.68. The number of carbonyl (C=O) groups excluding carboxylic acids is 2. The first-order valence-electron chi connectivity index (χ1n) is 7.15. The normalized spacial score (nSPS) is 17.0. The zero-order valence-corrected chi connectivity index (χ0v) is 12.0. The number of nitrogens with zero attached hydrogens (tertiary/aromatic N) is 3. The quantitative estimate of drug-likeness (QED) is 0.833. The van der Waals surface area contributed by atoms with Gasteiger partial charge in [-0.3, -0.25) is 9.59 Å². The van der Waals surface area contributed by atoms with Gasteiger partial charge in [-0.2, -0.15) is 0 Å². The van der Waals surface area contributed by atoms with Crippen molar-refractivity contribution in [2.45, 2.75) is 18.9 Å². The molecular weight excluding hydrogens is 280 g/mol. The van der Waals surface area contributed by atoms with Crippen molar-refractivity contribution in [1.82, 2.24) is 15.3 Å². The Kier molecular flexibility index (Phi) is 4.09. The highest BCUT2D eigenvalue weighted by Crippen LogP contribution is 2.21. The van der Waals surface area contributed by atoms with Crippen molar-refractivity contribution in [3.05, 3.63) is 54.6 Å². The van der Waals surface area contributed by atoms with E-state index in [-0.39, 0.29) is 11.8 Å². The highest BCUT2D eigenvalue weighted by Gasteiger charge is 2.38. The summed E-state index contributed by atoms with van der Waals surface area (Å²) in [6.07, 6.45) is 3.96. The highest BCUT2D eigenvalue weighted by atomic mass is 16.2. The second-order valence-corrected chi connectivity index (χ2v) is 5.11. The van der Waals surface area contributed by atoms with Crippen LogP contribution in [0.4, 0.5) is 5.69 Å². The van der Waals surface area contributed by atoms with Crippen LogP contribution in [0.1, 0.15) is 12.1 Å². The fourth-order valence-electron chi connectivity index (χ4n) is 2.35. The Morgan fingerprint density at radius 2 is 2.09 bits per heavy atom. The molecule has 1 N–H and O–H groups in total. The minimum Gasteiger partial charge on any atom is -0.343 e. The maximum atomic E-state index is 12.1. The number of aromatic nitrogens is 2. The predicted octanol–water partition coefficient (Wildman–Crippen LogP) is 0.941. The van der Waals surface area contributed by atoms with Crippen LogP contribution in [-0.2, 0) is 16.0 Å². The molecule has 2 aromatic rings. The summed E-state index contributed by atoms with van der Waals surface area (Å²) in [6.45, 7) is 0.516. The molecule has 112 valence electrons. The Morgan fingerprint density at radius 3 is 2.77 bits per heavy atom. The van der Waals surface area contributed by atoms with Crippen molar-refractivity contribution in [1.29, 1.82) is 0 Å². The van der Waals surface area contributed by atoms with E-state index in [4.69, 9.17) is 0 Å². The van der Waals surface area contributed by atoms with Gasteiger partial charge in [0.15, 0.2) is 0 Å². The Morgan fingerprint density at radius 1 is 1.27 bits per heavy atom. The molecule has 1 aromatic heterocycles. The lowest BCUT2D eigenvalue weighted by molar-refractivity contribution is -0.130. The van der Waals surface area contributed by atoms with Crippen molar-refractivity contribution >= 4 is 17.5 Å². The van der Waals surface area contributed by atoms with E-state index in [0.29, 0.717) is 19.4 Å². The van der Waals surface area contributed by atoms with Gasteiger partial charge in [-0.25, -0.2) is 9.97 Å². The maximum absolute atomic E-state index is 12.1. The van der Waals surface area contributed by atoms with Gasteiger partial charge in [0, 0.05) is 24.0 Å². The topological polar surface area (TPSA) is 75.2 Å². The molecule has 1 aromatic carbocycles. The first-order chi connectivity index (χ1) is 10.7. The molecule has 1 saturated heterocycles. The average molecular weight is 296 g/mol. The summed E-state index contributed by atoms with van der Waals surface area (Å²) in [4.78, 5) is 33.5. The van der Waals surface area contributed by atoms with Crippen LogP contribution < -0.4 is 10.2 Å². The van der Waals surface area contributed by atoms with Crippen molar-refractivity contribution < 1.29 is 9.59 Å². The molecule has 22 heavy (non-hydrogen) atoms. The Hall–Kier alpha value is -2.76. The monoisotopic (exact) mass is 296 g/mol. The van der Waals surface area contributed by atoms with Gasteiger partial charge >= 0.3 is 0 Å². The second-order valence-electron chi connectivity index (χ2n) is 5.11. The first-order valence-corrected chi connectivity index (χ1v) is 7.15. The number of hydrogen-bond donors (Lipinski definition) is 1. The van der Waals surface area contributed by atoms with E-state index in [1.54, 1.807) is 17.2 Å². The standard InChI is InChI=1S/C16H16N4O2/c21-15(7-6-12-8-9-17-11-18-12)19-14-10-20(16(14)22)13-4-2-1-3-5-13/h1-5,8-9,11,14H,6-7,10H2,(H,19,21). The van der Waals surface area contributed by atoms with Crippen LogP contribution >= 0.6 is 0 Å². The van der Waals surface area contributed by atoms with E-state index in [2.05, 4.69) is 15.3 Å². The number of β-lactam (4-membered cyclic amide) rings is 1. The molecule has 1 unspecified atom stereocenters. The van der Waals surface area contributed by atoms with Gasteiger partial charge in [0.05, 0.1) is 6.54 Å². The molecule has 6 nitrogen and oxygen atoms in total. The molecule has 1 fully saturated rings.